The lowest BCUT2D eigenvalue weighted by Gasteiger charge is -2.30. The Balaban J connectivity index is 1.93. The van der Waals surface area contributed by atoms with E-state index in [1.54, 1.807) is 0 Å². The molecule has 0 spiro atoms. The summed E-state index contributed by atoms with van der Waals surface area (Å²) >= 11 is 6.16. The first-order valence-electron chi connectivity index (χ1n) is 6.30. The Bertz CT molecular complexity index is 372. The molecule has 0 heterocycles. The van der Waals surface area contributed by atoms with Gasteiger partial charge in [0.1, 0.15) is 0 Å². The molecule has 17 heavy (non-hydrogen) atoms. The topological polar surface area (TPSA) is 29.3 Å². The molecule has 0 unspecified atom stereocenters. The maximum absolute atomic E-state index is 6.38. The highest BCUT2D eigenvalue weighted by Gasteiger charge is 2.30. The second kappa shape index (κ2) is 5.38. The summed E-state index contributed by atoms with van der Waals surface area (Å²) in [5, 5.41) is 0.844. The third kappa shape index (κ3) is 3.44. The number of benzene rings is 1. The lowest BCUT2D eigenvalue weighted by molar-refractivity contribution is 0.241. The van der Waals surface area contributed by atoms with Crippen molar-refractivity contribution >= 4 is 11.6 Å². The van der Waals surface area contributed by atoms with Crippen LogP contribution in [-0.4, -0.2) is 24.0 Å². The molecule has 0 aromatic heterocycles. The Labute approximate surface area is 109 Å². The molecule has 0 bridgehead atoms. The summed E-state index contributed by atoms with van der Waals surface area (Å²) in [6.45, 7) is 1.83. The molecule has 0 amide bonds. The van der Waals surface area contributed by atoms with Gasteiger partial charge in [-0.25, -0.2) is 0 Å². The molecule has 94 valence electrons. The molecule has 2 N–H and O–H groups in total. The van der Waals surface area contributed by atoms with Crippen LogP contribution in [0.4, 0.5) is 0 Å². The monoisotopic (exact) mass is 252 g/mol. The highest BCUT2D eigenvalue weighted by Crippen LogP contribution is 2.28. The van der Waals surface area contributed by atoms with Gasteiger partial charge in [0.25, 0.3) is 0 Å². The summed E-state index contributed by atoms with van der Waals surface area (Å²) in [5.41, 5.74) is 7.58. The molecule has 3 heteroatoms. The standard InChI is InChI=1S/C14H21ClN2/c1-17(11-14(16)8-4-5-9-14)10-12-6-2-3-7-13(12)15/h2-3,6-7H,4-5,8-11,16H2,1H3. The van der Waals surface area contributed by atoms with Crippen molar-refractivity contribution in [2.45, 2.75) is 37.8 Å². The highest BCUT2D eigenvalue weighted by atomic mass is 35.5. The molecule has 0 aliphatic heterocycles. The van der Waals surface area contributed by atoms with Crippen LogP contribution in [0.1, 0.15) is 31.2 Å². The molecule has 0 saturated heterocycles. The van der Waals surface area contributed by atoms with Crippen LogP contribution in [-0.2, 0) is 6.54 Å². The van der Waals surface area contributed by atoms with Crippen molar-refractivity contribution in [3.8, 4) is 0 Å². The summed E-state index contributed by atoms with van der Waals surface area (Å²) in [6, 6.07) is 8.02. The summed E-state index contributed by atoms with van der Waals surface area (Å²) in [6.07, 6.45) is 4.85. The summed E-state index contributed by atoms with van der Waals surface area (Å²) < 4.78 is 0. The number of halogens is 1. The Morgan fingerprint density at radius 3 is 2.59 bits per heavy atom. The van der Waals surface area contributed by atoms with Gasteiger partial charge in [-0.05, 0) is 31.5 Å². The Hall–Kier alpha value is -0.570. The zero-order valence-corrected chi connectivity index (χ0v) is 11.2. The molecule has 2 rings (SSSR count). The fraction of sp³-hybridized carbons (Fsp3) is 0.571. The smallest absolute Gasteiger partial charge is 0.0451 e. The van der Waals surface area contributed by atoms with Gasteiger partial charge in [0.15, 0.2) is 0 Å². The van der Waals surface area contributed by atoms with Crippen molar-refractivity contribution < 1.29 is 0 Å². The molecule has 1 aliphatic carbocycles. The van der Waals surface area contributed by atoms with Gasteiger partial charge < -0.3 is 10.6 Å². The quantitative estimate of drug-likeness (QED) is 0.893. The van der Waals surface area contributed by atoms with E-state index in [4.69, 9.17) is 17.3 Å². The van der Waals surface area contributed by atoms with Crippen LogP contribution < -0.4 is 5.73 Å². The summed E-state index contributed by atoms with van der Waals surface area (Å²) in [4.78, 5) is 2.28. The van der Waals surface area contributed by atoms with Gasteiger partial charge in [0.2, 0.25) is 0 Å². The van der Waals surface area contributed by atoms with Crippen molar-refractivity contribution in [3.63, 3.8) is 0 Å². The molecule has 1 fully saturated rings. The molecular weight excluding hydrogens is 232 g/mol. The van der Waals surface area contributed by atoms with Crippen molar-refractivity contribution in [3.05, 3.63) is 34.9 Å². The van der Waals surface area contributed by atoms with Crippen molar-refractivity contribution in [2.24, 2.45) is 5.73 Å². The first-order chi connectivity index (χ1) is 8.09. The van der Waals surface area contributed by atoms with Crippen molar-refractivity contribution in [2.75, 3.05) is 13.6 Å². The molecule has 2 nitrogen and oxygen atoms in total. The summed E-state index contributed by atoms with van der Waals surface area (Å²) in [5.74, 6) is 0. The van der Waals surface area contributed by atoms with Crippen LogP contribution in [0.25, 0.3) is 0 Å². The molecule has 1 saturated carbocycles. The van der Waals surface area contributed by atoms with E-state index in [9.17, 15) is 0 Å². The lowest BCUT2D eigenvalue weighted by atomic mass is 9.98. The van der Waals surface area contributed by atoms with Crippen LogP contribution in [0.3, 0.4) is 0 Å². The van der Waals surface area contributed by atoms with Crippen LogP contribution in [0.2, 0.25) is 5.02 Å². The van der Waals surface area contributed by atoms with E-state index >= 15 is 0 Å². The lowest BCUT2D eigenvalue weighted by Crippen LogP contribution is -2.46. The van der Waals surface area contributed by atoms with Crippen molar-refractivity contribution in [1.29, 1.82) is 0 Å². The normalized spacial score (nSPS) is 18.8. The van der Waals surface area contributed by atoms with Gasteiger partial charge in [0.05, 0.1) is 0 Å². The van der Waals surface area contributed by atoms with E-state index in [-0.39, 0.29) is 5.54 Å². The number of nitrogens with two attached hydrogens (primary N) is 1. The van der Waals surface area contributed by atoms with Crippen LogP contribution in [0, 0.1) is 0 Å². The minimum absolute atomic E-state index is 0.0238. The van der Waals surface area contributed by atoms with Gasteiger partial charge in [-0.3, -0.25) is 0 Å². The molecule has 0 radical (unpaired) electrons. The van der Waals surface area contributed by atoms with E-state index in [1.807, 2.05) is 18.2 Å². The zero-order chi connectivity index (χ0) is 12.3. The van der Waals surface area contributed by atoms with E-state index in [2.05, 4.69) is 18.0 Å². The van der Waals surface area contributed by atoms with Gasteiger partial charge in [-0.15, -0.1) is 0 Å². The van der Waals surface area contributed by atoms with E-state index in [1.165, 1.54) is 18.4 Å². The average Bonchev–Trinajstić information content (AvgIpc) is 2.68. The maximum Gasteiger partial charge on any atom is 0.0451 e. The SMILES string of the molecule is CN(Cc1ccccc1Cl)CC1(N)CCCC1. The van der Waals surface area contributed by atoms with Gasteiger partial charge in [0, 0.05) is 23.7 Å². The predicted octanol–water partition coefficient (Wildman–Crippen LogP) is 3.04. The number of hydrogen-bond acceptors (Lipinski definition) is 2. The number of rotatable bonds is 4. The predicted molar refractivity (Wildman–Crippen MR) is 73.2 cm³/mol. The fourth-order valence-electron chi connectivity index (χ4n) is 2.75. The number of likely N-dealkylation sites (N-methyl/N-ethyl adjacent to an activating group) is 1. The first-order valence-corrected chi connectivity index (χ1v) is 6.68. The van der Waals surface area contributed by atoms with Crippen LogP contribution in [0.5, 0.6) is 0 Å². The van der Waals surface area contributed by atoms with E-state index < -0.39 is 0 Å². The van der Waals surface area contributed by atoms with Gasteiger partial charge in [-0.2, -0.15) is 0 Å². The third-order valence-corrected chi connectivity index (χ3v) is 3.95. The molecule has 1 aliphatic rings. The second-order valence-electron chi connectivity index (χ2n) is 5.33. The minimum Gasteiger partial charge on any atom is -0.324 e. The highest BCUT2D eigenvalue weighted by molar-refractivity contribution is 6.31. The van der Waals surface area contributed by atoms with E-state index in [0.29, 0.717) is 0 Å². The maximum atomic E-state index is 6.38. The molecular formula is C14H21ClN2. The molecule has 0 atom stereocenters. The number of hydrogen-bond donors (Lipinski definition) is 1. The third-order valence-electron chi connectivity index (χ3n) is 3.58. The van der Waals surface area contributed by atoms with Crippen LogP contribution in [0.15, 0.2) is 24.3 Å². The van der Waals surface area contributed by atoms with Crippen LogP contribution >= 0.6 is 11.6 Å². The minimum atomic E-state index is 0.0238. The molecule has 1 aromatic carbocycles. The zero-order valence-electron chi connectivity index (χ0n) is 10.5. The first kappa shape index (κ1) is 12.9. The van der Waals surface area contributed by atoms with Crippen molar-refractivity contribution in [1.82, 2.24) is 4.90 Å². The van der Waals surface area contributed by atoms with E-state index in [0.717, 1.165) is 31.0 Å². The average molecular weight is 253 g/mol. The van der Waals surface area contributed by atoms with Gasteiger partial charge in [-0.1, -0.05) is 42.6 Å². The fourth-order valence-corrected chi connectivity index (χ4v) is 2.94. The second-order valence-corrected chi connectivity index (χ2v) is 5.74. The summed E-state index contributed by atoms with van der Waals surface area (Å²) in [7, 11) is 2.12. The largest absolute Gasteiger partial charge is 0.324 e. The molecule has 1 aromatic rings. The Morgan fingerprint density at radius 2 is 1.94 bits per heavy atom. The Morgan fingerprint density at radius 1 is 1.29 bits per heavy atom. The number of nitrogens with zero attached hydrogens (tertiary/aromatic N) is 1. The van der Waals surface area contributed by atoms with Gasteiger partial charge >= 0.3 is 0 Å². The Kier molecular flexibility index (Phi) is 4.08.